The molecule has 1 unspecified atom stereocenters. The van der Waals surface area contributed by atoms with Gasteiger partial charge in [0.25, 0.3) is 0 Å². The number of thioether (sulfide) groups is 1. The molecule has 0 aliphatic heterocycles. The van der Waals surface area contributed by atoms with Gasteiger partial charge in [0.05, 0.1) is 0 Å². The Bertz CT molecular complexity index is 120. The minimum atomic E-state index is 0.717. The highest BCUT2D eigenvalue weighted by Gasteiger charge is 2.06. The summed E-state index contributed by atoms with van der Waals surface area (Å²) in [4.78, 5) is 2.47. The fourth-order valence-electron chi connectivity index (χ4n) is 1.43. The van der Waals surface area contributed by atoms with Gasteiger partial charge in [0.2, 0.25) is 0 Å². The van der Waals surface area contributed by atoms with Crippen molar-refractivity contribution in [1.29, 1.82) is 0 Å². The molecule has 1 N–H and O–H groups in total. The van der Waals surface area contributed by atoms with E-state index in [4.69, 9.17) is 0 Å². The maximum absolute atomic E-state index is 3.18. The van der Waals surface area contributed by atoms with E-state index in [1.807, 2.05) is 18.8 Å². The molecule has 0 spiro atoms. The van der Waals surface area contributed by atoms with E-state index < -0.39 is 0 Å². The van der Waals surface area contributed by atoms with Gasteiger partial charge >= 0.3 is 0 Å². The molecule has 3 heteroatoms. The van der Waals surface area contributed by atoms with E-state index in [1.54, 1.807) is 0 Å². The van der Waals surface area contributed by atoms with Crippen LogP contribution in [0.25, 0.3) is 0 Å². The van der Waals surface area contributed by atoms with E-state index in [1.165, 1.54) is 31.6 Å². The van der Waals surface area contributed by atoms with Crippen LogP contribution < -0.4 is 5.32 Å². The third kappa shape index (κ3) is 7.65. The van der Waals surface area contributed by atoms with Gasteiger partial charge in [-0.3, -0.25) is 0 Å². The van der Waals surface area contributed by atoms with Crippen molar-refractivity contribution in [2.75, 3.05) is 39.2 Å². The van der Waals surface area contributed by atoms with Crippen LogP contribution in [0.1, 0.15) is 26.2 Å². The zero-order valence-corrected chi connectivity index (χ0v) is 11.0. The highest BCUT2D eigenvalue weighted by molar-refractivity contribution is 7.98. The average molecular weight is 218 g/mol. The fourth-order valence-corrected chi connectivity index (χ4v) is 2.17. The topological polar surface area (TPSA) is 15.3 Å². The zero-order valence-electron chi connectivity index (χ0n) is 10.2. The summed E-state index contributed by atoms with van der Waals surface area (Å²) < 4.78 is 0. The summed E-state index contributed by atoms with van der Waals surface area (Å²) in [7, 11) is 4.26. The van der Waals surface area contributed by atoms with Crippen molar-refractivity contribution < 1.29 is 0 Å². The van der Waals surface area contributed by atoms with E-state index in [2.05, 4.69) is 30.4 Å². The molecule has 0 aromatic heterocycles. The Morgan fingerprint density at radius 3 is 2.57 bits per heavy atom. The maximum atomic E-state index is 3.18. The number of nitrogens with zero attached hydrogens (tertiary/aromatic N) is 1. The first-order valence-corrected chi connectivity index (χ1v) is 6.95. The van der Waals surface area contributed by atoms with Gasteiger partial charge in [-0.2, -0.15) is 11.8 Å². The van der Waals surface area contributed by atoms with Gasteiger partial charge in [-0.05, 0) is 53.2 Å². The minimum absolute atomic E-state index is 0.717. The molecule has 14 heavy (non-hydrogen) atoms. The molecule has 0 saturated carbocycles. The second-order valence-corrected chi connectivity index (χ2v) is 4.86. The molecular weight excluding hydrogens is 192 g/mol. The van der Waals surface area contributed by atoms with Gasteiger partial charge in [0, 0.05) is 11.8 Å². The summed E-state index contributed by atoms with van der Waals surface area (Å²) in [5.41, 5.74) is 0. The molecule has 0 aromatic rings. The van der Waals surface area contributed by atoms with Gasteiger partial charge in [-0.25, -0.2) is 0 Å². The number of hydrogen-bond acceptors (Lipinski definition) is 3. The molecule has 0 aliphatic rings. The number of rotatable bonds is 9. The Hall–Kier alpha value is 0.270. The SMILES string of the molecule is CNCCCCCN(C)C(C)CSC. The van der Waals surface area contributed by atoms with E-state index >= 15 is 0 Å². The first kappa shape index (κ1) is 14.3. The van der Waals surface area contributed by atoms with Crippen molar-refractivity contribution in [3.63, 3.8) is 0 Å². The van der Waals surface area contributed by atoms with Crippen molar-refractivity contribution in [3.8, 4) is 0 Å². The summed E-state index contributed by atoms with van der Waals surface area (Å²) in [6.45, 7) is 4.71. The minimum Gasteiger partial charge on any atom is -0.320 e. The Morgan fingerprint density at radius 2 is 2.00 bits per heavy atom. The van der Waals surface area contributed by atoms with Gasteiger partial charge in [0.15, 0.2) is 0 Å². The lowest BCUT2D eigenvalue weighted by atomic mass is 10.2. The van der Waals surface area contributed by atoms with Crippen LogP contribution in [0.4, 0.5) is 0 Å². The van der Waals surface area contributed by atoms with Crippen molar-refractivity contribution in [3.05, 3.63) is 0 Å². The summed E-state index contributed by atoms with van der Waals surface area (Å²) in [5, 5.41) is 3.18. The zero-order chi connectivity index (χ0) is 10.8. The lowest BCUT2D eigenvalue weighted by Gasteiger charge is -2.23. The molecule has 0 radical (unpaired) electrons. The molecule has 0 aromatic carbocycles. The van der Waals surface area contributed by atoms with Gasteiger partial charge in [0.1, 0.15) is 0 Å². The van der Waals surface area contributed by atoms with Crippen LogP contribution in [0.2, 0.25) is 0 Å². The molecule has 2 nitrogen and oxygen atoms in total. The molecule has 0 fully saturated rings. The van der Waals surface area contributed by atoms with Crippen LogP contribution in [0.15, 0.2) is 0 Å². The molecule has 86 valence electrons. The van der Waals surface area contributed by atoms with E-state index in [0.29, 0.717) is 6.04 Å². The third-order valence-electron chi connectivity index (χ3n) is 2.60. The largest absolute Gasteiger partial charge is 0.320 e. The van der Waals surface area contributed by atoms with Gasteiger partial charge in [-0.15, -0.1) is 0 Å². The molecule has 0 rings (SSSR count). The van der Waals surface area contributed by atoms with Crippen LogP contribution in [0.5, 0.6) is 0 Å². The van der Waals surface area contributed by atoms with Crippen LogP contribution in [0, 0.1) is 0 Å². The van der Waals surface area contributed by atoms with Crippen molar-refractivity contribution in [2.45, 2.75) is 32.2 Å². The van der Waals surface area contributed by atoms with Crippen molar-refractivity contribution in [1.82, 2.24) is 10.2 Å². The number of nitrogens with one attached hydrogen (secondary N) is 1. The van der Waals surface area contributed by atoms with Crippen molar-refractivity contribution in [2.24, 2.45) is 0 Å². The number of hydrogen-bond donors (Lipinski definition) is 1. The first-order chi connectivity index (χ1) is 6.72. The smallest absolute Gasteiger partial charge is 0.0154 e. The predicted octanol–water partition coefficient (Wildman–Crippen LogP) is 2.06. The summed E-state index contributed by atoms with van der Waals surface area (Å²) in [6, 6.07) is 0.717. The predicted molar refractivity (Wildman–Crippen MR) is 68.3 cm³/mol. The summed E-state index contributed by atoms with van der Waals surface area (Å²) in [5.74, 6) is 1.24. The lowest BCUT2D eigenvalue weighted by Crippen LogP contribution is -2.31. The highest BCUT2D eigenvalue weighted by Crippen LogP contribution is 2.05. The molecule has 0 saturated heterocycles. The average Bonchev–Trinajstić information content (AvgIpc) is 2.17. The van der Waals surface area contributed by atoms with Crippen LogP contribution in [0.3, 0.4) is 0 Å². The van der Waals surface area contributed by atoms with Gasteiger partial charge in [-0.1, -0.05) is 6.42 Å². The molecule has 0 bridgehead atoms. The first-order valence-electron chi connectivity index (χ1n) is 5.56. The standard InChI is InChI=1S/C11H26N2S/c1-11(10-14-4)13(3)9-7-5-6-8-12-2/h11-12H,5-10H2,1-4H3. The van der Waals surface area contributed by atoms with Crippen LogP contribution in [-0.4, -0.2) is 50.1 Å². The Balaban J connectivity index is 3.29. The van der Waals surface area contributed by atoms with Crippen LogP contribution >= 0.6 is 11.8 Å². The monoisotopic (exact) mass is 218 g/mol. The Labute approximate surface area is 93.8 Å². The molecular formula is C11H26N2S. The second-order valence-electron chi connectivity index (χ2n) is 3.95. The Kier molecular flexibility index (Phi) is 10.0. The highest BCUT2D eigenvalue weighted by atomic mass is 32.2. The van der Waals surface area contributed by atoms with Crippen LogP contribution in [-0.2, 0) is 0 Å². The fraction of sp³-hybridized carbons (Fsp3) is 1.00. The summed E-state index contributed by atoms with van der Waals surface area (Å²) >= 11 is 1.93. The number of unbranched alkanes of at least 4 members (excludes halogenated alkanes) is 2. The van der Waals surface area contributed by atoms with E-state index in [9.17, 15) is 0 Å². The molecule has 0 aliphatic carbocycles. The summed E-state index contributed by atoms with van der Waals surface area (Å²) in [6.07, 6.45) is 6.16. The van der Waals surface area contributed by atoms with Gasteiger partial charge < -0.3 is 10.2 Å². The molecule has 0 amide bonds. The normalized spacial score (nSPS) is 13.5. The second kappa shape index (κ2) is 9.81. The Morgan fingerprint density at radius 1 is 1.29 bits per heavy atom. The third-order valence-corrected chi connectivity index (χ3v) is 3.41. The quantitative estimate of drug-likeness (QED) is 0.596. The molecule has 1 atom stereocenters. The van der Waals surface area contributed by atoms with E-state index in [-0.39, 0.29) is 0 Å². The van der Waals surface area contributed by atoms with Crippen molar-refractivity contribution >= 4 is 11.8 Å². The lowest BCUT2D eigenvalue weighted by molar-refractivity contribution is 0.271. The van der Waals surface area contributed by atoms with E-state index in [0.717, 1.165) is 6.54 Å². The maximum Gasteiger partial charge on any atom is 0.0154 e. The molecule has 0 heterocycles.